The van der Waals surface area contributed by atoms with E-state index >= 15 is 0 Å². The van der Waals surface area contributed by atoms with E-state index in [9.17, 15) is 5.11 Å². The lowest BCUT2D eigenvalue weighted by Gasteiger charge is -2.29. The lowest BCUT2D eigenvalue weighted by Crippen LogP contribution is -2.35. The molecule has 2 unspecified atom stereocenters. The van der Waals surface area contributed by atoms with E-state index in [1.165, 1.54) is 12.8 Å². The minimum atomic E-state index is -0.565. The number of aliphatic hydroxyl groups is 1. The Morgan fingerprint density at radius 1 is 1.19 bits per heavy atom. The van der Waals surface area contributed by atoms with Gasteiger partial charge < -0.3 is 10.0 Å². The second-order valence-corrected chi connectivity index (χ2v) is 6.38. The monoisotopic (exact) mass is 331 g/mol. The van der Waals surface area contributed by atoms with Gasteiger partial charge in [-0.15, -0.1) is 0 Å². The van der Waals surface area contributed by atoms with Crippen LogP contribution in [0, 0.1) is 0 Å². The quantitative estimate of drug-likeness (QED) is 0.662. The normalized spacial score (nSPS) is 14.4. The summed E-state index contributed by atoms with van der Waals surface area (Å²) in [6.45, 7) is 8.61. The summed E-state index contributed by atoms with van der Waals surface area (Å²) in [6, 6.07) is 5.96. The maximum Gasteiger partial charge on any atom is 0.0817 e. The van der Waals surface area contributed by atoms with Crippen molar-refractivity contribution in [3.63, 3.8) is 0 Å². The molecule has 2 nitrogen and oxygen atoms in total. The van der Waals surface area contributed by atoms with E-state index in [1.54, 1.807) is 6.07 Å². The summed E-state index contributed by atoms with van der Waals surface area (Å²) in [4.78, 5) is 2.45. The maximum absolute atomic E-state index is 10.4. The zero-order valence-corrected chi connectivity index (χ0v) is 14.8. The Bertz CT molecular complexity index is 425. The molecule has 0 saturated carbocycles. The molecule has 0 fully saturated rings. The zero-order chi connectivity index (χ0) is 15.8. The molecule has 0 saturated heterocycles. The fraction of sp³-hybridized carbons (Fsp3) is 0.647. The molecule has 120 valence electrons. The van der Waals surface area contributed by atoms with Crippen LogP contribution in [0.15, 0.2) is 18.2 Å². The predicted octanol–water partition coefficient (Wildman–Crippen LogP) is 5.32. The van der Waals surface area contributed by atoms with Crippen molar-refractivity contribution in [3.05, 3.63) is 33.8 Å². The van der Waals surface area contributed by atoms with Gasteiger partial charge >= 0.3 is 0 Å². The number of hydrogen-bond acceptors (Lipinski definition) is 2. The van der Waals surface area contributed by atoms with Gasteiger partial charge in [-0.05, 0) is 38.8 Å². The van der Waals surface area contributed by atoms with Crippen molar-refractivity contribution in [2.24, 2.45) is 0 Å². The van der Waals surface area contributed by atoms with Crippen LogP contribution in [-0.4, -0.2) is 29.1 Å². The summed E-state index contributed by atoms with van der Waals surface area (Å²) in [5.74, 6) is 0. The van der Waals surface area contributed by atoms with Crippen LogP contribution in [0.4, 0.5) is 0 Å². The molecule has 1 aromatic carbocycles. The molecule has 0 bridgehead atoms. The molecule has 1 aromatic rings. The molecule has 1 rings (SSSR count). The fourth-order valence-electron chi connectivity index (χ4n) is 2.39. The van der Waals surface area contributed by atoms with Gasteiger partial charge in [0.2, 0.25) is 0 Å². The van der Waals surface area contributed by atoms with Gasteiger partial charge in [-0.25, -0.2) is 0 Å². The summed E-state index contributed by atoms with van der Waals surface area (Å²) in [6.07, 6.45) is 3.61. The predicted molar refractivity (Wildman–Crippen MR) is 92.3 cm³/mol. The first-order valence-corrected chi connectivity index (χ1v) is 8.62. The highest BCUT2D eigenvalue weighted by Crippen LogP contribution is 2.31. The Hall–Kier alpha value is -0.280. The van der Waals surface area contributed by atoms with Crippen molar-refractivity contribution in [3.8, 4) is 0 Å². The molecular weight excluding hydrogens is 305 g/mol. The van der Waals surface area contributed by atoms with Gasteiger partial charge in [0, 0.05) is 18.2 Å². The van der Waals surface area contributed by atoms with Gasteiger partial charge in [-0.2, -0.15) is 0 Å². The molecule has 0 heterocycles. The summed E-state index contributed by atoms with van der Waals surface area (Å²) >= 11 is 12.2. The van der Waals surface area contributed by atoms with Crippen LogP contribution < -0.4 is 0 Å². The highest BCUT2D eigenvalue weighted by molar-refractivity contribution is 6.42. The topological polar surface area (TPSA) is 23.5 Å². The van der Waals surface area contributed by atoms with Crippen LogP contribution in [0.25, 0.3) is 0 Å². The number of unbranched alkanes of at least 4 members (excludes halogenated alkanes) is 1. The largest absolute Gasteiger partial charge is 0.388 e. The van der Waals surface area contributed by atoms with Gasteiger partial charge in [0.25, 0.3) is 0 Å². The summed E-state index contributed by atoms with van der Waals surface area (Å²) in [5.41, 5.74) is 0.726. The van der Waals surface area contributed by atoms with Crippen LogP contribution >= 0.6 is 23.2 Å². The highest BCUT2D eigenvalue weighted by Gasteiger charge is 2.17. The van der Waals surface area contributed by atoms with Gasteiger partial charge in [0.1, 0.15) is 0 Å². The first-order chi connectivity index (χ1) is 10.0. The van der Waals surface area contributed by atoms with Gasteiger partial charge in [-0.1, -0.05) is 55.6 Å². The Morgan fingerprint density at radius 3 is 2.52 bits per heavy atom. The molecule has 1 N–H and O–H groups in total. The van der Waals surface area contributed by atoms with E-state index < -0.39 is 6.10 Å². The highest BCUT2D eigenvalue weighted by atomic mass is 35.5. The maximum atomic E-state index is 10.4. The van der Waals surface area contributed by atoms with E-state index in [0.717, 1.165) is 25.1 Å². The third kappa shape index (κ3) is 5.78. The minimum absolute atomic E-state index is 0.468. The molecular formula is C17H27Cl2NO. The SMILES string of the molecule is CCCCN(CCC(O)c1cccc(Cl)c1Cl)C(C)CC. The third-order valence-electron chi connectivity index (χ3n) is 4.04. The first kappa shape index (κ1) is 18.8. The molecule has 0 aliphatic carbocycles. The Kier molecular flexibility index (Phi) is 8.65. The second-order valence-electron chi connectivity index (χ2n) is 5.59. The van der Waals surface area contributed by atoms with Gasteiger partial charge in [-0.3, -0.25) is 0 Å². The summed E-state index contributed by atoms with van der Waals surface area (Å²) < 4.78 is 0. The standard InChI is InChI=1S/C17H27Cl2NO/c1-4-6-11-20(13(3)5-2)12-10-16(21)14-8-7-9-15(18)17(14)19/h7-9,13,16,21H,4-6,10-12H2,1-3H3. The van der Waals surface area contributed by atoms with Crippen LogP contribution in [-0.2, 0) is 0 Å². The molecule has 0 radical (unpaired) electrons. The van der Waals surface area contributed by atoms with Crippen molar-refractivity contribution < 1.29 is 5.11 Å². The van der Waals surface area contributed by atoms with E-state index in [0.29, 0.717) is 22.5 Å². The molecule has 4 heteroatoms. The van der Waals surface area contributed by atoms with Crippen LogP contribution in [0.1, 0.15) is 58.1 Å². The van der Waals surface area contributed by atoms with E-state index in [4.69, 9.17) is 23.2 Å². The zero-order valence-electron chi connectivity index (χ0n) is 13.3. The van der Waals surface area contributed by atoms with Crippen molar-refractivity contribution in [1.82, 2.24) is 4.90 Å². The minimum Gasteiger partial charge on any atom is -0.388 e. The van der Waals surface area contributed by atoms with Gasteiger partial charge in [0.15, 0.2) is 0 Å². The number of rotatable bonds is 9. The lowest BCUT2D eigenvalue weighted by atomic mass is 10.1. The summed E-state index contributed by atoms with van der Waals surface area (Å²) in [5, 5.41) is 11.4. The molecule has 2 atom stereocenters. The van der Waals surface area contributed by atoms with Crippen molar-refractivity contribution in [1.29, 1.82) is 0 Å². The Morgan fingerprint density at radius 2 is 1.90 bits per heavy atom. The number of nitrogens with zero attached hydrogens (tertiary/aromatic N) is 1. The molecule has 0 aliphatic rings. The number of aliphatic hydroxyl groups excluding tert-OH is 1. The van der Waals surface area contributed by atoms with Crippen molar-refractivity contribution in [2.75, 3.05) is 13.1 Å². The van der Waals surface area contributed by atoms with Gasteiger partial charge in [0.05, 0.1) is 16.1 Å². The number of halogens is 2. The molecule has 0 aliphatic heterocycles. The molecule has 0 amide bonds. The summed E-state index contributed by atoms with van der Waals surface area (Å²) in [7, 11) is 0. The Balaban J connectivity index is 2.63. The van der Waals surface area contributed by atoms with Crippen LogP contribution in [0.5, 0.6) is 0 Å². The molecule has 0 aromatic heterocycles. The first-order valence-electron chi connectivity index (χ1n) is 7.87. The molecule has 21 heavy (non-hydrogen) atoms. The lowest BCUT2D eigenvalue weighted by molar-refractivity contribution is 0.124. The van der Waals surface area contributed by atoms with E-state index in [1.807, 2.05) is 12.1 Å². The van der Waals surface area contributed by atoms with E-state index in [2.05, 4.69) is 25.7 Å². The average molecular weight is 332 g/mol. The average Bonchev–Trinajstić information content (AvgIpc) is 2.49. The molecule has 0 spiro atoms. The third-order valence-corrected chi connectivity index (χ3v) is 4.88. The number of hydrogen-bond donors (Lipinski definition) is 1. The Labute approximate surface area is 139 Å². The van der Waals surface area contributed by atoms with Crippen LogP contribution in [0.3, 0.4) is 0 Å². The van der Waals surface area contributed by atoms with Crippen molar-refractivity contribution in [2.45, 2.75) is 58.6 Å². The van der Waals surface area contributed by atoms with Crippen LogP contribution in [0.2, 0.25) is 10.0 Å². The second kappa shape index (κ2) is 9.68. The van der Waals surface area contributed by atoms with E-state index in [-0.39, 0.29) is 0 Å². The number of benzene rings is 1. The smallest absolute Gasteiger partial charge is 0.0817 e. The fourth-order valence-corrected chi connectivity index (χ4v) is 2.83. The van der Waals surface area contributed by atoms with Crippen molar-refractivity contribution >= 4 is 23.2 Å².